The Hall–Kier alpha value is -2.25. The van der Waals surface area contributed by atoms with Crippen molar-refractivity contribution in [2.45, 2.75) is 30.6 Å². The topological polar surface area (TPSA) is 81.7 Å². The van der Waals surface area contributed by atoms with E-state index in [1.54, 1.807) is 24.3 Å². The molecule has 28 heavy (non-hydrogen) atoms. The van der Waals surface area contributed by atoms with E-state index in [1.807, 2.05) is 6.07 Å². The molecule has 0 bridgehead atoms. The fourth-order valence-electron chi connectivity index (χ4n) is 3.46. The summed E-state index contributed by atoms with van der Waals surface area (Å²) in [6, 6.07) is 8.42. The van der Waals surface area contributed by atoms with Crippen molar-refractivity contribution in [3.63, 3.8) is 0 Å². The van der Waals surface area contributed by atoms with Crippen molar-refractivity contribution in [2.24, 2.45) is 0 Å². The predicted molar refractivity (Wildman–Crippen MR) is 106 cm³/mol. The van der Waals surface area contributed by atoms with Gasteiger partial charge in [-0.25, -0.2) is 8.42 Å². The van der Waals surface area contributed by atoms with Crippen molar-refractivity contribution in [1.82, 2.24) is 0 Å². The Bertz CT molecular complexity index is 1040. The van der Waals surface area contributed by atoms with E-state index in [0.717, 1.165) is 24.8 Å². The van der Waals surface area contributed by atoms with E-state index in [9.17, 15) is 13.2 Å². The smallest absolute Gasteiger partial charge is 0.225 e. The van der Waals surface area contributed by atoms with Crippen LogP contribution in [0.25, 0.3) is 0 Å². The molecular formula is C20H20ClNO5S. The zero-order chi connectivity index (χ0) is 19.7. The summed E-state index contributed by atoms with van der Waals surface area (Å²) in [7, 11) is -3.53. The predicted octanol–water partition coefficient (Wildman–Crippen LogP) is 3.40. The molecule has 0 saturated carbocycles. The van der Waals surface area contributed by atoms with Gasteiger partial charge < -0.3 is 14.8 Å². The number of carbonyl (C=O) groups excluding carboxylic acids is 1. The lowest BCUT2D eigenvalue weighted by atomic mass is 10.1. The van der Waals surface area contributed by atoms with E-state index in [0.29, 0.717) is 35.4 Å². The standard InChI is InChI=1S/C20H20ClNO5S/c21-16-11-18-19(27-8-7-26-18)12-17(16)22-20(23)6-9-28(24,25)15-5-4-13-2-1-3-14(13)10-15/h4-5,10-12H,1-3,6-9H2,(H,22,23). The van der Waals surface area contributed by atoms with Gasteiger partial charge >= 0.3 is 0 Å². The van der Waals surface area contributed by atoms with Crippen molar-refractivity contribution in [3.8, 4) is 11.5 Å². The molecule has 6 nitrogen and oxygen atoms in total. The van der Waals surface area contributed by atoms with Gasteiger partial charge in [-0.1, -0.05) is 17.7 Å². The number of ether oxygens (including phenoxy) is 2. The van der Waals surface area contributed by atoms with Crippen LogP contribution in [0.4, 0.5) is 5.69 Å². The van der Waals surface area contributed by atoms with Gasteiger partial charge in [-0.15, -0.1) is 0 Å². The number of nitrogens with one attached hydrogen (secondary N) is 1. The maximum absolute atomic E-state index is 12.6. The number of halogens is 1. The molecule has 1 heterocycles. The van der Waals surface area contributed by atoms with Gasteiger partial charge in [-0.05, 0) is 42.5 Å². The number of carbonyl (C=O) groups is 1. The SMILES string of the molecule is O=C(CCS(=O)(=O)c1ccc2c(c1)CCC2)Nc1cc2c(cc1Cl)OCCO2. The summed E-state index contributed by atoms with van der Waals surface area (Å²) in [5.41, 5.74) is 2.67. The second-order valence-electron chi connectivity index (χ2n) is 6.88. The Morgan fingerprint density at radius 2 is 1.75 bits per heavy atom. The second kappa shape index (κ2) is 7.64. The molecule has 1 N–H and O–H groups in total. The fraction of sp³-hybridized carbons (Fsp3) is 0.350. The van der Waals surface area contributed by atoms with E-state index in [4.69, 9.17) is 21.1 Å². The molecule has 1 aliphatic heterocycles. The van der Waals surface area contributed by atoms with Gasteiger partial charge in [-0.2, -0.15) is 0 Å². The molecule has 0 spiro atoms. The first kappa shape index (κ1) is 19.1. The molecule has 8 heteroatoms. The van der Waals surface area contributed by atoms with Crippen LogP contribution >= 0.6 is 11.6 Å². The minimum Gasteiger partial charge on any atom is -0.486 e. The number of aryl methyl sites for hydroxylation is 2. The van der Waals surface area contributed by atoms with Crippen LogP contribution < -0.4 is 14.8 Å². The third-order valence-corrected chi connectivity index (χ3v) is 6.96. The van der Waals surface area contributed by atoms with E-state index >= 15 is 0 Å². The molecule has 2 aromatic carbocycles. The van der Waals surface area contributed by atoms with Crippen LogP contribution in [0.1, 0.15) is 24.0 Å². The number of benzene rings is 2. The first-order valence-corrected chi connectivity index (χ1v) is 11.2. The molecule has 0 unspecified atom stereocenters. The van der Waals surface area contributed by atoms with E-state index in [2.05, 4.69) is 5.32 Å². The number of amides is 1. The molecule has 0 aromatic heterocycles. The van der Waals surface area contributed by atoms with Gasteiger partial charge in [0.1, 0.15) is 13.2 Å². The molecule has 0 atom stereocenters. The highest BCUT2D eigenvalue weighted by atomic mass is 35.5. The van der Waals surface area contributed by atoms with Gasteiger partial charge in [0, 0.05) is 18.6 Å². The van der Waals surface area contributed by atoms with E-state index < -0.39 is 15.7 Å². The van der Waals surface area contributed by atoms with Crippen LogP contribution in [-0.4, -0.2) is 33.3 Å². The molecule has 1 amide bonds. The molecule has 0 fully saturated rings. The molecule has 2 aromatic rings. The van der Waals surface area contributed by atoms with Crippen LogP contribution in [0.2, 0.25) is 5.02 Å². The Balaban J connectivity index is 1.41. The zero-order valence-corrected chi connectivity index (χ0v) is 16.7. The summed E-state index contributed by atoms with van der Waals surface area (Å²) in [5.74, 6) is 0.327. The number of hydrogen-bond donors (Lipinski definition) is 1. The molecule has 4 rings (SSSR count). The molecular weight excluding hydrogens is 402 g/mol. The summed E-state index contributed by atoms with van der Waals surface area (Å²) < 4.78 is 36.1. The molecule has 1 aliphatic carbocycles. The van der Waals surface area contributed by atoms with Crippen molar-refractivity contribution < 1.29 is 22.7 Å². The average molecular weight is 422 g/mol. The third kappa shape index (κ3) is 3.95. The van der Waals surface area contributed by atoms with Gasteiger partial charge in [-0.3, -0.25) is 4.79 Å². The summed E-state index contributed by atoms with van der Waals surface area (Å²) in [6.45, 7) is 0.858. The normalized spacial score (nSPS) is 15.2. The zero-order valence-electron chi connectivity index (χ0n) is 15.2. The van der Waals surface area contributed by atoms with Crippen molar-refractivity contribution in [3.05, 3.63) is 46.5 Å². The lowest BCUT2D eigenvalue weighted by Crippen LogP contribution is -2.19. The number of hydrogen-bond acceptors (Lipinski definition) is 5. The monoisotopic (exact) mass is 421 g/mol. The van der Waals surface area contributed by atoms with Crippen molar-refractivity contribution in [2.75, 3.05) is 24.3 Å². The van der Waals surface area contributed by atoms with E-state index in [1.165, 1.54) is 5.56 Å². The summed E-state index contributed by atoms with van der Waals surface area (Å²) in [4.78, 5) is 12.6. The summed E-state index contributed by atoms with van der Waals surface area (Å²) in [6.07, 6.45) is 2.79. The van der Waals surface area contributed by atoms with Crippen LogP contribution in [-0.2, 0) is 27.5 Å². The van der Waals surface area contributed by atoms with Crippen molar-refractivity contribution >= 4 is 33.0 Å². The molecule has 0 saturated heterocycles. The molecule has 0 radical (unpaired) electrons. The number of rotatable bonds is 5. The minimum atomic E-state index is -3.53. The van der Waals surface area contributed by atoms with Gasteiger partial charge in [0.15, 0.2) is 21.3 Å². The maximum atomic E-state index is 12.6. The quantitative estimate of drug-likeness (QED) is 0.800. The first-order valence-electron chi connectivity index (χ1n) is 9.16. The highest BCUT2D eigenvalue weighted by Crippen LogP contribution is 2.38. The van der Waals surface area contributed by atoms with Crippen LogP contribution in [0, 0.1) is 0 Å². The minimum absolute atomic E-state index is 0.163. The third-order valence-electron chi connectivity index (χ3n) is 4.93. The number of sulfone groups is 1. The highest BCUT2D eigenvalue weighted by molar-refractivity contribution is 7.91. The van der Waals surface area contributed by atoms with Gasteiger partial charge in [0.25, 0.3) is 0 Å². The number of anilines is 1. The lowest BCUT2D eigenvalue weighted by Gasteiger charge is -2.20. The van der Waals surface area contributed by atoms with Gasteiger partial charge in [0.05, 0.1) is 21.4 Å². The lowest BCUT2D eigenvalue weighted by molar-refractivity contribution is -0.115. The van der Waals surface area contributed by atoms with Crippen LogP contribution in [0.3, 0.4) is 0 Å². The largest absolute Gasteiger partial charge is 0.486 e. The Morgan fingerprint density at radius 3 is 2.54 bits per heavy atom. The molecule has 2 aliphatic rings. The van der Waals surface area contributed by atoms with Gasteiger partial charge in [0.2, 0.25) is 5.91 Å². The molecule has 148 valence electrons. The Morgan fingerprint density at radius 1 is 1.04 bits per heavy atom. The first-order chi connectivity index (χ1) is 13.4. The van der Waals surface area contributed by atoms with Crippen LogP contribution in [0.15, 0.2) is 35.2 Å². The van der Waals surface area contributed by atoms with E-state index in [-0.39, 0.29) is 17.1 Å². The fourth-order valence-corrected chi connectivity index (χ4v) is 4.95. The maximum Gasteiger partial charge on any atom is 0.225 e. The summed E-state index contributed by atoms with van der Waals surface area (Å²) >= 11 is 6.18. The Labute approximate surface area is 168 Å². The average Bonchev–Trinajstić information content (AvgIpc) is 3.15. The Kier molecular flexibility index (Phi) is 5.21. The van der Waals surface area contributed by atoms with Crippen LogP contribution in [0.5, 0.6) is 11.5 Å². The second-order valence-corrected chi connectivity index (χ2v) is 9.39. The number of fused-ring (bicyclic) bond motifs is 2. The summed E-state index contributed by atoms with van der Waals surface area (Å²) in [5, 5.41) is 2.96. The van der Waals surface area contributed by atoms with Crippen molar-refractivity contribution in [1.29, 1.82) is 0 Å². The highest BCUT2D eigenvalue weighted by Gasteiger charge is 2.21.